The molecule has 5 rings (SSSR count). The van der Waals surface area contributed by atoms with Gasteiger partial charge in [-0.3, -0.25) is 9.59 Å². The molecule has 5 nitrogen and oxygen atoms in total. The van der Waals surface area contributed by atoms with E-state index in [-0.39, 0.29) is 24.2 Å². The Kier molecular flexibility index (Phi) is 4.90. The van der Waals surface area contributed by atoms with Crippen molar-refractivity contribution >= 4 is 40.0 Å². The van der Waals surface area contributed by atoms with Gasteiger partial charge in [-0.15, -0.1) is 0 Å². The summed E-state index contributed by atoms with van der Waals surface area (Å²) in [5.74, 6) is -1.01. The Morgan fingerprint density at radius 1 is 0.967 bits per heavy atom. The first-order chi connectivity index (χ1) is 14.6. The molecule has 0 radical (unpaired) electrons. The molecule has 0 aromatic heterocycles. The number of para-hydroxylation sites is 1. The minimum Gasteiger partial charge on any atom is -0.351 e. The van der Waals surface area contributed by atoms with E-state index >= 15 is 0 Å². The van der Waals surface area contributed by atoms with E-state index in [1.54, 1.807) is 23.1 Å². The number of hydrogen-bond donors (Lipinski definition) is 0. The van der Waals surface area contributed by atoms with Crippen LogP contribution in [0.25, 0.3) is 5.57 Å². The molecule has 2 amide bonds. The normalized spacial score (nSPS) is 21.3. The van der Waals surface area contributed by atoms with Gasteiger partial charge in [0.25, 0.3) is 11.8 Å². The summed E-state index contributed by atoms with van der Waals surface area (Å²) in [4.78, 5) is 34.5. The van der Waals surface area contributed by atoms with Gasteiger partial charge in [-0.2, -0.15) is 4.99 Å². The van der Waals surface area contributed by atoms with Crippen molar-refractivity contribution in [2.45, 2.75) is 25.8 Å². The Bertz CT molecular complexity index is 1110. The van der Waals surface area contributed by atoms with Crippen molar-refractivity contribution in [3.05, 3.63) is 70.4 Å². The van der Waals surface area contributed by atoms with E-state index in [0.717, 1.165) is 25.9 Å². The summed E-state index contributed by atoms with van der Waals surface area (Å²) in [6.45, 7) is 1.87. The largest absolute Gasteiger partial charge is 0.351 e. The van der Waals surface area contributed by atoms with Crippen LogP contribution in [0.5, 0.6) is 0 Å². The lowest BCUT2D eigenvalue weighted by Crippen LogP contribution is -2.33. The molecule has 1 saturated heterocycles. The maximum atomic E-state index is 14.2. The number of amidine groups is 1. The Balaban J connectivity index is 1.51. The van der Waals surface area contributed by atoms with Gasteiger partial charge >= 0.3 is 0 Å². The summed E-state index contributed by atoms with van der Waals surface area (Å²) in [6.07, 6.45) is 3.35. The predicted molar refractivity (Wildman–Crippen MR) is 116 cm³/mol. The number of halogens is 1. The zero-order chi connectivity index (χ0) is 20.7. The molecule has 0 atom stereocenters. The third-order valence-corrected chi connectivity index (χ3v) is 6.76. The zero-order valence-corrected chi connectivity index (χ0v) is 17.1. The van der Waals surface area contributed by atoms with Gasteiger partial charge < -0.3 is 9.80 Å². The molecule has 3 heterocycles. The van der Waals surface area contributed by atoms with E-state index in [2.05, 4.69) is 9.89 Å². The highest BCUT2D eigenvalue weighted by molar-refractivity contribution is 8.18. The number of aliphatic imine (C=N–C) groups is 1. The number of hydrogen-bond acceptors (Lipinski definition) is 4. The van der Waals surface area contributed by atoms with Crippen molar-refractivity contribution in [3.63, 3.8) is 0 Å². The summed E-state index contributed by atoms with van der Waals surface area (Å²) in [5.41, 5.74) is 2.19. The monoisotopic (exact) mass is 421 g/mol. The van der Waals surface area contributed by atoms with Crippen molar-refractivity contribution < 1.29 is 14.0 Å². The van der Waals surface area contributed by atoms with Crippen LogP contribution in [-0.4, -0.2) is 35.0 Å². The van der Waals surface area contributed by atoms with Crippen molar-refractivity contribution in [1.82, 2.24) is 4.90 Å². The quantitative estimate of drug-likeness (QED) is 0.682. The molecule has 152 valence electrons. The molecule has 0 unspecified atom stereocenters. The topological polar surface area (TPSA) is 53.0 Å². The highest BCUT2D eigenvalue weighted by Gasteiger charge is 2.39. The number of amides is 2. The highest BCUT2D eigenvalue weighted by Crippen LogP contribution is 2.44. The zero-order valence-electron chi connectivity index (χ0n) is 16.3. The smallest absolute Gasteiger partial charge is 0.287 e. The molecule has 0 saturated carbocycles. The Hall–Kier alpha value is -2.93. The van der Waals surface area contributed by atoms with Crippen molar-refractivity contribution in [2.24, 2.45) is 4.99 Å². The van der Waals surface area contributed by atoms with Gasteiger partial charge in [0.15, 0.2) is 5.17 Å². The standard InChI is InChI=1S/C23H20FN3O2S/c24-17-10-4-2-8-15(17)14-27-18-11-5-3-9-16(18)19(22(27)29)20-21(28)25-23(30-20)26-12-6-1-7-13-26/h2-5,8-11H,1,6-7,12-14H2. The number of piperidine rings is 1. The molecule has 3 aliphatic rings. The lowest BCUT2D eigenvalue weighted by Gasteiger charge is -2.27. The van der Waals surface area contributed by atoms with Crippen LogP contribution in [0.1, 0.15) is 30.4 Å². The van der Waals surface area contributed by atoms with Gasteiger partial charge in [0.2, 0.25) is 0 Å². The molecule has 1 fully saturated rings. The molecular weight excluding hydrogens is 401 g/mol. The van der Waals surface area contributed by atoms with Crippen molar-refractivity contribution in [2.75, 3.05) is 18.0 Å². The Labute approximate surface area is 178 Å². The molecule has 0 aliphatic carbocycles. The second-order valence-electron chi connectivity index (χ2n) is 7.55. The highest BCUT2D eigenvalue weighted by atomic mass is 32.2. The number of carbonyl (C=O) groups is 2. The number of carbonyl (C=O) groups excluding carboxylic acids is 2. The van der Waals surface area contributed by atoms with Crippen LogP contribution in [-0.2, 0) is 16.1 Å². The summed E-state index contributed by atoms with van der Waals surface area (Å²) in [5, 5.41) is 0.681. The number of thioether (sulfide) groups is 1. The summed E-state index contributed by atoms with van der Waals surface area (Å²) >= 11 is 1.29. The molecule has 3 aliphatic heterocycles. The maximum Gasteiger partial charge on any atom is 0.287 e. The minimum absolute atomic E-state index is 0.109. The van der Waals surface area contributed by atoms with Gasteiger partial charge in [-0.1, -0.05) is 36.4 Å². The number of fused-ring (bicyclic) bond motifs is 1. The number of rotatable bonds is 2. The fraction of sp³-hybridized carbons (Fsp3) is 0.261. The van der Waals surface area contributed by atoms with E-state index in [4.69, 9.17) is 0 Å². The first-order valence-corrected chi connectivity index (χ1v) is 10.9. The first kappa shape index (κ1) is 19.1. The first-order valence-electron chi connectivity index (χ1n) is 10.1. The summed E-state index contributed by atoms with van der Waals surface area (Å²) < 4.78 is 14.2. The second-order valence-corrected chi connectivity index (χ2v) is 8.53. The van der Waals surface area contributed by atoms with E-state index in [0.29, 0.717) is 32.5 Å². The maximum absolute atomic E-state index is 14.2. The molecular formula is C23H20FN3O2S. The lowest BCUT2D eigenvalue weighted by atomic mass is 10.1. The SMILES string of the molecule is O=C1N=C(N2CCCCC2)SC1=C1C(=O)N(Cc2ccccc2F)c2ccccc21. The van der Waals surface area contributed by atoms with Gasteiger partial charge in [0, 0.05) is 24.2 Å². The lowest BCUT2D eigenvalue weighted by molar-refractivity contribution is -0.115. The van der Waals surface area contributed by atoms with E-state index in [1.165, 1.54) is 24.2 Å². The molecule has 7 heteroatoms. The van der Waals surface area contributed by atoms with Crippen LogP contribution >= 0.6 is 11.8 Å². The molecule has 30 heavy (non-hydrogen) atoms. The molecule has 0 spiro atoms. The van der Waals surface area contributed by atoms with E-state index < -0.39 is 0 Å². The Morgan fingerprint density at radius 3 is 2.50 bits per heavy atom. The predicted octanol–water partition coefficient (Wildman–Crippen LogP) is 4.20. The third kappa shape index (κ3) is 3.23. The van der Waals surface area contributed by atoms with Gasteiger partial charge in [0.1, 0.15) is 5.82 Å². The molecule has 0 bridgehead atoms. The number of benzene rings is 2. The summed E-state index contributed by atoms with van der Waals surface area (Å²) in [6, 6.07) is 13.8. The fourth-order valence-electron chi connectivity index (χ4n) is 4.13. The molecule has 0 N–H and O–H groups in total. The Morgan fingerprint density at radius 2 is 1.70 bits per heavy atom. The van der Waals surface area contributed by atoms with Crippen LogP contribution in [0, 0.1) is 5.82 Å². The van der Waals surface area contributed by atoms with Gasteiger partial charge in [-0.05, 0) is 43.2 Å². The average Bonchev–Trinajstić information content (AvgIpc) is 3.28. The number of nitrogens with zero attached hydrogens (tertiary/aromatic N) is 3. The average molecular weight is 421 g/mol. The fourth-order valence-corrected chi connectivity index (χ4v) is 5.18. The molecule has 2 aromatic rings. The van der Waals surface area contributed by atoms with Crippen LogP contribution in [0.4, 0.5) is 10.1 Å². The van der Waals surface area contributed by atoms with Gasteiger partial charge in [-0.25, -0.2) is 4.39 Å². The van der Waals surface area contributed by atoms with E-state index in [1.807, 2.05) is 24.3 Å². The second kappa shape index (κ2) is 7.72. The molecule has 2 aromatic carbocycles. The minimum atomic E-state index is -0.369. The van der Waals surface area contributed by atoms with Crippen LogP contribution < -0.4 is 4.90 Å². The van der Waals surface area contributed by atoms with Gasteiger partial charge in [0.05, 0.1) is 22.7 Å². The van der Waals surface area contributed by atoms with Crippen LogP contribution in [0.2, 0.25) is 0 Å². The number of likely N-dealkylation sites (tertiary alicyclic amines) is 1. The summed E-state index contributed by atoms with van der Waals surface area (Å²) in [7, 11) is 0. The van der Waals surface area contributed by atoms with E-state index in [9.17, 15) is 14.0 Å². The number of anilines is 1. The van der Waals surface area contributed by atoms with Crippen LogP contribution in [0.3, 0.4) is 0 Å². The van der Waals surface area contributed by atoms with Crippen molar-refractivity contribution in [3.8, 4) is 0 Å². The van der Waals surface area contributed by atoms with Crippen molar-refractivity contribution in [1.29, 1.82) is 0 Å². The van der Waals surface area contributed by atoms with Crippen LogP contribution in [0.15, 0.2) is 58.4 Å². The third-order valence-electron chi connectivity index (χ3n) is 5.65.